The van der Waals surface area contributed by atoms with Crippen molar-refractivity contribution in [1.82, 2.24) is 0 Å². The second-order valence-electron chi connectivity index (χ2n) is 23.6. The Morgan fingerprint density at radius 1 is 0.316 bits per heavy atom. The van der Waals surface area contributed by atoms with Gasteiger partial charge in [0.25, 0.3) is 57.4 Å². The molecule has 18 rings (SSSR count). The number of carbonyl (C=O) groups excluding carboxylic acids is 8. The molecule has 0 atom stereocenters. The Morgan fingerprint density at radius 2 is 0.600 bits per heavy atom. The fourth-order valence-electron chi connectivity index (χ4n) is 14.8. The lowest BCUT2D eigenvalue weighted by Gasteiger charge is -2.32. The summed E-state index contributed by atoms with van der Waals surface area (Å²) in [5.41, 5.74) is -0.593. The van der Waals surface area contributed by atoms with Gasteiger partial charge in [-0.25, -0.2) is 19.6 Å². The zero-order valence-corrected chi connectivity index (χ0v) is 50.2. The first-order valence-corrected chi connectivity index (χ1v) is 32.3. The van der Waals surface area contributed by atoms with E-state index in [0.29, 0.717) is 31.9 Å². The predicted octanol–water partition coefficient (Wildman–Crippen LogP) is 13.0. The van der Waals surface area contributed by atoms with E-state index >= 15 is 0 Å². The largest absolute Gasteiger partial charge is 0.313 e. The summed E-state index contributed by atoms with van der Waals surface area (Å²) in [4.78, 5) is 120. The maximum atomic E-state index is 14.7. The van der Waals surface area contributed by atoms with Gasteiger partial charge in [0.2, 0.25) is 0 Å². The first-order valence-electron chi connectivity index (χ1n) is 29.5. The van der Waals surface area contributed by atoms with Crippen LogP contribution in [0.4, 0.5) is 22.7 Å². The highest BCUT2D eigenvalue weighted by Crippen LogP contribution is 2.47. The third-order valence-electron chi connectivity index (χ3n) is 18.9. The number of benzene rings is 14. The molecule has 0 radical (unpaired) electrons. The summed E-state index contributed by atoms with van der Waals surface area (Å²) in [6, 6.07) is 52.1. The van der Waals surface area contributed by atoms with Gasteiger partial charge in [0.15, 0.2) is 0 Å². The highest BCUT2D eigenvalue weighted by atomic mass is 32.2. The summed E-state index contributed by atoms with van der Waals surface area (Å²) >= 11 is 0. The number of hydrogen-bond donors (Lipinski definition) is 2. The molecule has 4 heterocycles. The van der Waals surface area contributed by atoms with Gasteiger partial charge in [-0.15, -0.1) is 0 Å². The van der Waals surface area contributed by atoms with E-state index in [2.05, 4.69) is 4.28 Å². The van der Waals surface area contributed by atoms with Crippen molar-refractivity contribution in [1.29, 1.82) is 0 Å². The van der Waals surface area contributed by atoms with Crippen LogP contribution in [0.1, 0.15) is 94.0 Å². The highest BCUT2D eigenvalue weighted by molar-refractivity contribution is 7.86. The molecule has 4 aliphatic rings. The lowest BCUT2D eigenvalue weighted by atomic mass is 9.85. The molecule has 0 saturated carbocycles. The summed E-state index contributed by atoms with van der Waals surface area (Å²) in [6.45, 7) is 0. The SMILES string of the molecule is NOS(=O)(=O)c1cc(N2C(=O)c3ccc4c5c(ccc(c35)C2=O)C(=O)N(c2ccc3ccc5cccc6ccc2c3c56)C4=O)ccc1/C=C/c1ccc(N2C(=O)c3ccc4c5c(ccc(c35)C2=O)C(=O)N(c2ccc3ccc5cccc6ccc2c3c56)C4=O)cc1S(=O)(=O)O. The summed E-state index contributed by atoms with van der Waals surface area (Å²) in [5.74, 6) is -1.23. The molecule has 19 nitrogen and oxygen atoms in total. The fraction of sp³-hybridized carbons (Fsp3) is 0. The van der Waals surface area contributed by atoms with Gasteiger partial charge >= 0.3 is 10.1 Å². The van der Waals surface area contributed by atoms with Gasteiger partial charge in [-0.1, -0.05) is 121 Å². The average Bonchev–Trinajstić information content (AvgIpc) is 0.712. The number of hydrogen-bond acceptors (Lipinski definition) is 14. The first kappa shape index (κ1) is 55.6. The summed E-state index contributed by atoms with van der Waals surface area (Å²) in [6.07, 6.45) is 2.20. The van der Waals surface area contributed by atoms with Gasteiger partial charge in [-0.3, -0.25) is 42.9 Å². The molecule has 0 saturated heterocycles. The second-order valence-corrected chi connectivity index (χ2v) is 26.5. The lowest BCUT2D eigenvalue weighted by Crippen LogP contribution is -2.43. The maximum absolute atomic E-state index is 14.7. The van der Waals surface area contributed by atoms with E-state index in [4.69, 9.17) is 5.90 Å². The Hall–Kier alpha value is -12.2. The van der Waals surface area contributed by atoms with Crippen LogP contribution < -0.4 is 25.5 Å². The minimum absolute atomic E-state index is 0.0367. The predicted molar refractivity (Wildman–Crippen MR) is 357 cm³/mol. The van der Waals surface area contributed by atoms with Crippen LogP contribution in [-0.2, 0) is 24.5 Å². The molecule has 0 aromatic heterocycles. The van der Waals surface area contributed by atoms with Crippen molar-refractivity contribution >= 4 is 189 Å². The Morgan fingerprint density at radius 3 is 0.926 bits per heavy atom. The van der Waals surface area contributed by atoms with E-state index in [9.17, 15) is 59.7 Å². The molecule has 3 N–H and O–H groups in total. The third-order valence-corrected chi connectivity index (χ3v) is 21.0. The van der Waals surface area contributed by atoms with E-state index in [1.54, 1.807) is 12.1 Å². The topological polar surface area (TPSA) is 273 Å². The van der Waals surface area contributed by atoms with Crippen molar-refractivity contribution in [2.45, 2.75) is 9.79 Å². The molecule has 21 heteroatoms. The van der Waals surface area contributed by atoms with Gasteiger partial charge in [-0.2, -0.15) is 27.0 Å². The minimum Gasteiger partial charge on any atom is -0.282 e. The molecule has 95 heavy (non-hydrogen) atoms. The molecule has 0 aliphatic carbocycles. The summed E-state index contributed by atoms with van der Waals surface area (Å²) in [7, 11) is -10.2. The van der Waals surface area contributed by atoms with Gasteiger partial charge in [0.1, 0.15) is 9.79 Å². The minimum atomic E-state index is -5.24. The smallest absolute Gasteiger partial charge is 0.282 e. The molecule has 454 valence electrons. The Bertz CT molecular complexity index is 6250. The van der Waals surface area contributed by atoms with Gasteiger partial charge < -0.3 is 0 Å². The molecular weight excluding hydrogens is 1250 g/mol. The number of nitrogens with two attached hydrogens (primary N) is 1. The van der Waals surface area contributed by atoms with Crippen molar-refractivity contribution < 1.29 is 64.0 Å². The van der Waals surface area contributed by atoms with E-state index in [1.807, 2.05) is 97.1 Å². The van der Waals surface area contributed by atoms with Crippen molar-refractivity contribution in [3.63, 3.8) is 0 Å². The van der Waals surface area contributed by atoms with Crippen LogP contribution in [0.5, 0.6) is 0 Å². The zero-order valence-electron chi connectivity index (χ0n) is 48.6. The molecule has 0 fully saturated rings. The van der Waals surface area contributed by atoms with Crippen molar-refractivity contribution in [2.75, 3.05) is 19.6 Å². The molecular formula is C74H37N5O14S2. The van der Waals surface area contributed by atoms with Crippen LogP contribution in [0.3, 0.4) is 0 Å². The number of amides is 8. The number of imide groups is 4. The number of rotatable bonds is 9. The Labute approximate surface area is 534 Å². The van der Waals surface area contributed by atoms with E-state index in [0.717, 1.165) is 94.0 Å². The van der Waals surface area contributed by atoms with Crippen LogP contribution in [0.2, 0.25) is 0 Å². The molecule has 8 amide bonds. The third kappa shape index (κ3) is 7.48. The van der Waals surface area contributed by atoms with Crippen molar-refractivity contribution in [3.8, 4) is 0 Å². The molecule has 4 aliphatic heterocycles. The first-order chi connectivity index (χ1) is 45.8. The average molecular weight is 1280 g/mol. The van der Waals surface area contributed by atoms with Crippen LogP contribution in [-0.4, -0.2) is 68.6 Å². The zero-order chi connectivity index (χ0) is 65.2. The van der Waals surface area contributed by atoms with E-state index in [1.165, 1.54) is 66.7 Å². The monoisotopic (exact) mass is 1280 g/mol. The highest BCUT2D eigenvalue weighted by Gasteiger charge is 2.44. The lowest BCUT2D eigenvalue weighted by molar-refractivity contribution is 0.0873. The molecule has 0 unspecified atom stereocenters. The summed E-state index contributed by atoms with van der Waals surface area (Å²) in [5, 5.41) is 11.0. The second kappa shape index (κ2) is 19.2. The molecule has 0 bridgehead atoms. The van der Waals surface area contributed by atoms with Crippen LogP contribution in [0.25, 0.3) is 98.3 Å². The standard InChI is InChI=1S/C74H37N5O14S2/c75-93-95(91,92)58-34-44(77-69(82)49-25-29-53-66-54(30-26-50(64(49)66)70(77)83)74(87)79(73(53)86)56-32-18-42-12-10-38-4-2-6-40-16-22-46(56)62(42)60(38)40)20-14-36(58)8-7-35-13-19-43(33-57(35)94(88,89)90)76-67(80)47-23-27-51-65-52(28-24-48(63(47)65)68(76)81)72(85)78(71(51)84)55-31-17-41-11-9-37-3-1-5-39-15-21-45(55)61(41)59(37)39/h1-34H,75H2,(H,88,89,90)/b8-7+. The van der Waals surface area contributed by atoms with E-state index < -0.39 is 77.3 Å². The Kier molecular flexibility index (Phi) is 11.2. The number of anilines is 4. The van der Waals surface area contributed by atoms with Crippen LogP contribution in [0, 0.1) is 0 Å². The fourth-order valence-corrected chi connectivity index (χ4v) is 16.3. The van der Waals surface area contributed by atoms with Crippen molar-refractivity contribution in [3.05, 3.63) is 250 Å². The number of nitrogens with zero attached hydrogens (tertiary/aromatic N) is 4. The van der Waals surface area contributed by atoms with Gasteiger partial charge in [0, 0.05) is 76.8 Å². The maximum Gasteiger partial charge on any atom is 0.313 e. The molecule has 0 spiro atoms. The van der Waals surface area contributed by atoms with E-state index in [-0.39, 0.29) is 88.6 Å². The number of carbonyl (C=O) groups is 8. The van der Waals surface area contributed by atoms with Gasteiger partial charge in [-0.05, 0) is 150 Å². The van der Waals surface area contributed by atoms with Crippen LogP contribution >= 0.6 is 0 Å². The van der Waals surface area contributed by atoms with Crippen molar-refractivity contribution in [2.24, 2.45) is 5.90 Å². The summed E-state index contributed by atoms with van der Waals surface area (Å²) < 4.78 is 69.1. The van der Waals surface area contributed by atoms with Gasteiger partial charge in [0.05, 0.1) is 22.7 Å². The Balaban J connectivity index is 0.653. The van der Waals surface area contributed by atoms with Crippen LogP contribution in [0.15, 0.2) is 204 Å². The normalized spacial score (nSPS) is 15.1. The molecule has 14 aromatic rings. The molecule has 14 aromatic carbocycles. The quantitative estimate of drug-likeness (QED) is 0.0447.